The maximum absolute atomic E-state index is 13.3. The van der Waals surface area contributed by atoms with Crippen LogP contribution in [0, 0.1) is 11.3 Å². The predicted octanol–water partition coefficient (Wildman–Crippen LogP) is 4.78. The number of carbonyl (C=O) groups is 1. The largest absolute Gasteiger partial charge is 0.493 e. The van der Waals surface area contributed by atoms with Gasteiger partial charge in [0.15, 0.2) is 17.3 Å². The van der Waals surface area contributed by atoms with Crippen LogP contribution in [-0.2, 0) is 4.79 Å². The first-order valence-electron chi connectivity index (χ1n) is 10.5. The number of methoxy groups -OCH3 is 3. The van der Waals surface area contributed by atoms with Gasteiger partial charge < -0.3 is 19.9 Å². The van der Waals surface area contributed by atoms with Crippen molar-refractivity contribution in [2.24, 2.45) is 5.73 Å². The summed E-state index contributed by atoms with van der Waals surface area (Å²) in [6, 6.07) is 13.5. The van der Waals surface area contributed by atoms with Crippen molar-refractivity contribution >= 4 is 27.4 Å². The molecule has 1 heterocycles. The quantitative estimate of drug-likeness (QED) is 0.618. The van der Waals surface area contributed by atoms with Gasteiger partial charge in [-0.3, -0.25) is 9.69 Å². The Labute approximate surface area is 201 Å². The summed E-state index contributed by atoms with van der Waals surface area (Å²) in [5.74, 6) is 1.03. The highest BCUT2D eigenvalue weighted by atomic mass is 79.9. The molecule has 8 heteroatoms. The number of benzene rings is 2. The lowest BCUT2D eigenvalue weighted by Crippen LogP contribution is -2.38. The van der Waals surface area contributed by atoms with Crippen LogP contribution in [0.15, 0.2) is 63.5 Å². The van der Waals surface area contributed by atoms with Gasteiger partial charge in [-0.05, 0) is 54.8 Å². The van der Waals surface area contributed by atoms with Gasteiger partial charge in [0.25, 0.3) is 0 Å². The smallest absolute Gasteiger partial charge is 0.203 e. The average molecular weight is 510 g/mol. The van der Waals surface area contributed by atoms with Gasteiger partial charge in [-0.2, -0.15) is 5.26 Å². The summed E-state index contributed by atoms with van der Waals surface area (Å²) in [5, 5.41) is 10.2. The van der Waals surface area contributed by atoms with Gasteiger partial charge in [-0.1, -0.05) is 15.9 Å². The predicted molar refractivity (Wildman–Crippen MR) is 128 cm³/mol. The van der Waals surface area contributed by atoms with Gasteiger partial charge in [0, 0.05) is 27.9 Å². The summed E-state index contributed by atoms with van der Waals surface area (Å²) in [4.78, 5) is 15.1. The number of carbonyl (C=O) groups excluding carboxylic acids is 1. The number of hydrogen-bond donors (Lipinski definition) is 1. The molecule has 2 aromatic rings. The van der Waals surface area contributed by atoms with E-state index in [1.54, 1.807) is 12.1 Å². The van der Waals surface area contributed by atoms with Crippen molar-refractivity contribution in [1.82, 2.24) is 0 Å². The van der Waals surface area contributed by atoms with Crippen molar-refractivity contribution in [3.63, 3.8) is 0 Å². The topological polar surface area (TPSA) is 97.8 Å². The number of anilines is 1. The Balaban J connectivity index is 1.98. The van der Waals surface area contributed by atoms with E-state index in [-0.39, 0.29) is 5.78 Å². The maximum Gasteiger partial charge on any atom is 0.203 e. The van der Waals surface area contributed by atoms with Gasteiger partial charge in [0.05, 0.1) is 38.9 Å². The molecular weight excluding hydrogens is 486 g/mol. The first kappa shape index (κ1) is 22.7. The number of nitrogens with two attached hydrogens (primary N) is 1. The monoisotopic (exact) mass is 509 g/mol. The number of Topliss-reactive ketones (excluding diaryl/α,β-unsaturated/α-hetero) is 1. The molecule has 0 amide bonds. The van der Waals surface area contributed by atoms with E-state index < -0.39 is 5.92 Å². The van der Waals surface area contributed by atoms with Crippen LogP contribution in [0.2, 0.25) is 0 Å². The van der Waals surface area contributed by atoms with Crippen LogP contribution < -0.4 is 24.8 Å². The molecule has 0 aromatic heterocycles. The second-order valence-electron chi connectivity index (χ2n) is 7.75. The van der Waals surface area contributed by atoms with E-state index >= 15 is 0 Å². The third-order valence-corrected chi connectivity index (χ3v) is 6.55. The van der Waals surface area contributed by atoms with E-state index in [2.05, 4.69) is 22.0 Å². The van der Waals surface area contributed by atoms with Crippen molar-refractivity contribution in [1.29, 1.82) is 5.26 Å². The van der Waals surface area contributed by atoms with E-state index in [1.807, 2.05) is 29.2 Å². The SMILES string of the molecule is COc1cc(C2C(C#N)=C(N)N(c3ccc(Br)cc3)C3=C2C(=O)CCC3)cc(OC)c1OC. The Bertz CT molecular complexity index is 1190. The molecule has 4 rings (SSSR count). The minimum Gasteiger partial charge on any atom is -0.493 e. The highest BCUT2D eigenvalue weighted by Crippen LogP contribution is 2.49. The zero-order chi connectivity index (χ0) is 23.7. The van der Waals surface area contributed by atoms with Crippen LogP contribution in [0.25, 0.3) is 0 Å². The summed E-state index contributed by atoms with van der Waals surface area (Å²) < 4.78 is 17.4. The van der Waals surface area contributed by atoms with Crippen LogP contribution in [-0.4, -0.2) is 27.1 Å². The van der Waals surface area contributed by atoms with Gasteiger partial charge >= 0.3 is 0 Å². The van der Waals surface area contributed by atoms with Gasteiger partial charge in [-0.15, -0.1) is 0 Å². The second kappa shape index (κ2) is 9.20. The Kier molecular flexibility index (Phi) is 6.34. The Hall–Kier alpha value is -3.44. The molecule has 1 unspecified atom stereocenters. The zero-order valence-corrected chi connectivity index (χ0v) is 20.2. The Morgan fingerprint density at radius 2 is 1.70 bits per heavy atom. The number of hydrogen-bond acceptors (Lipinski definition) is 7. The van der Waals surface area contributed by atoms with Crippen LogP contribution in [0.5, 0.6) is 17.2 Å². The van der Waals surface area contributed by atoms with Gasteiger partial charge in [-0.25, -0.2) is 0 Å². The van der Waals surface area contributed by atoms with Crippen LogP contribution in [0.1, 0.15) is 30.7 Å². The molecule has 2 aromatic carbocycles. The molecule has 2 N–H and O–H groups in total. The molecule has 0 saturated heterocycles. The first-order valence-corrected chi connectivity index (χ1v) is 11.3. The lowest BCUT2D eigenvalue weighted by molar-refractivity contribution is -0.116. The minimum atomic E-state index is -0.627. The number of ether oxygens (including phenoxy) is 3. The molecule has 1 aliphatic carbocycles. The van der Waals surface area contributed by atoms with Crippen molar-refractivity contribution in [3.8, 4) is 23.3 Å². The summed E-state index contributed by atoms with van der Waals surface area (Å²) in [6.45, 7) is 0. The number of nitrogens with zero attached hydrogens (tertiary/aromatic N) is 2. The van der Waals surface area contributed by atoms with Crippen molar-refractivity contribution in [2.75, 3.05) is 26.2 Å². The minimum absolute atomic E-state index is 0.0114. The number of rotatable bonds is 5. The van der Waals surface area contributed by atoms with Crippen molar-refractivity contribution < 1.29 is 19.0 Å². The number of halogens is 1. The lowest BCUT2D eigenvalue weighted by atomic mass is 9.75. The highest BCUT2D eigenvalue weighted by molar-refractivity contribution is 9.10. The molecule has 33 heavy (non-hydrogen) atoms. The summed E-state index contributed by atoms with van der Waals surface area (Å²) in [6.07, 6.45) is 1.83. The van der Waals surface area contributed by atoms with Crippen LogP contribution >= 0.6 is 15.9 Å². The van der Waals surface area contributed by atoms with E-state index in [1.165, 1.54) is 21.3 Å². The van der Waals surface area contributed by atoms with Gasteiger partial charge in [0.2, 0.25) is 5.75 Å². The van der Waals surface area contributed by atoms with E-state index in [0.29, 0.717) is 52.6 Å². The molecule has 1 atom stereocenters. The summed E-state index contributed by atoms with van der Waals surface area (Å²) >= 11 is 3.45. The number of ketones is 1. The Morgan fingerprint density at radius 3 is 2.24 bits per heavy atom. The molecular formula is C25H24BrN3O4. The number of nitriles is 1. The van der Waals surface area contributed by atoms with Crippen LogP contribution in [0.4, 0.5) is 5.69 Å². The molecule has 0 saturated carbocycles. The lowest BCUT2D eigenvalue weighted by Gasteiger charge is -2.39. The Morgan fingerprint density at radius 1 is 1.06 bits per heavy atom. The normalized spacial score (nSPS) is 18.1. The van der Waals surface area contributed by atoms with E-state index in [0.717, 1.165) is 22.3 Å². The van der Waals surface area contributed by atoms with Gasteiger partial charge in [0.1, 0.15) is 5.82 Å². The standard InChI is InChI=1S/C25H24BrN3O4/c1-31-20-11-14(12-21(32-2)24(20)33-3)22-17(13-27)25(28)29(16-9-7-15(26)8-10-16)18-5-4-6-19(30)23(18)22/h7-12,22H,4-6,28H2,1-3H3. The third kappa shape index (κ3) is 3.83. The summed E-state index contributed by atoms with van der Waals surface area (Å²) in [7, 11) is 4.59. The molecule has 0 bridgehead atoms. The second-order valence-corrected chi connectivity index (χ2v) is 8.67. The molecule has 0 radical (unpaired) electrons. The molecule has 7 nitrogen and oxygen atoms in total. The fourth-order valence-electron chi connectivity index (χ4n) is 4.57. The molecule has 1 aliphatic heterocycles. The molecule has 0 spiro atoms. The van der Waals surface area contributed by atoms with E-state index in [9.17, 15) is 10.1 Å². The zero-order valence-electron chi connectivity index (χ0n) is 18.6. The highest BCUT2D eigenvalue weighted by Gasteiger charge is 2.41. The molecule has 170 valence electrons. The third-order valence-electron chi connectivity index (χ3n) is 6.02. The van der Waals surface area contributed by atoms with Crippen molar-refractivity contribution in [2.45, 2.75) is 25.2 Å². The van der Waals surface area contributed by atoms with Crippen LogP contribution in [0.3, 0.4) is 0 Å². The summed E-state index contributed by atoms with van der Waals surface area (Å²) in [5.41, 5.74) is 9.82. The maximum atomic E-state index is 13.3. The average Bonchev–Trinajstić information content (AvgIpc) is 2.83. The fourth-order valence-corrected chi connectivity index (χ4v) is 4.84. The first-order chi connectivity index (χ1) is 15.9. The number of allylic oxidation sites excluding steroid dienone is 3. The van der Waals surface area contributed by atoms with Crippen molar-refractivity contribution in [3.05, 3.63) is 69.1 Å². The van der Waals surface area contributed by atoms with E-state index in [4.69, 9.17) is 19.9 Å². The fraction of sp³-hybridized carbons (Fsp3) is 0.280. The molecule has 0 fully saturated rings. The molecule has 2 aliphatic rings.